The van der Waals surface area contributed by atoms with Crippen LogP contribution >= 0.6 is 11.6 Å². The molecule has 0 bridgehead atoms. The van der Waals surface area contributed by atoms with E-state index < -0.39 is 4.92 Å². The van der Waals surface area contributed by atoms with E-state index in [0.29, 0.717) is 11.6 Å². The van der Waals surface area contributed by atoms with Crippen LogP contribution in [0.15, 0.2) is 18.2 Å². The molecule has 1 aliphatic heterocycles. The minimum absolute atomic E-state index is 0.0820. The van der Waals surface area contributed by atoms with Gasteiger partial charge in [-0.05, 0) is 25.0 Å². The first-order valence-electron chi connectivity index (χ1n) is 6.33. The van der Waals surface area contributed by atoms with Crippen molar-refractivity contribution in [1.82, 2.24) is 4.90 Å². The molecule has 1 fully saturated rings. The van der Waals surface area contributed by atoms with E-state index in [1.807, 2.05) is 6.92 Å². The summed E-state index contributed by atoms with van der Waals surface area (Å²) < 4.78 is 5.58. The van der Waals surface area contributed by atoms with E-state index in [1.54, 1.807) is 12.1 Å². The molecule has 5 nitrogen and oxygen atoms in total. The summed E-state index contributed by atoms with van der Waals surface area (Å²) in [5, 5.41) is 11.4. The molecule has 0 aliphatic carbocycles. The Morgan fingerprint density at radius 3 is 3.11 bits per heavy atom. The number of ether oxygens (including phenoxy) is 1. The van der Waals surface area contributed by atoms with Crippen LogP contribution in [0.25, 0.3) is 0 Å². The van der Waals surface area contributed by atoms with Gasteiger partial charge in [0.1, 0.15) is 0 Å². The zero-order chi connectivity index (χ0) is 13.8. The number of hydrogen-bond acceptors (Lipinski definition) is 4. The van der Waals surface area contributed by atoms with Gasteiger partial charge in [0.25, 0.3) is 5.69 Å². The van der Waals surface area contributed by atoms with Crippen LogP contribution in [0, 0.1) is 10.1 Å². The lowest BCUT2D eigenvalue weighted by Gasteiger charge is -2.22. The highest BCUT2D eigenvalue weighted by Gasteiger charge is 2.17. The molecule has 1 aromatic rings. The molecule has 0 spiro atoms. The quantitative estimate of drug-likeness (QED) is 0.633. The molecule has 19 heavy (non-hydrogen) atoms. The fourth-order valence-corrected chi connectivity index (χ4v) is 2.44. The molecule has 1 aliphatic rings. The Labute approximate surface area is 117 Å². The third-order valence-electron chi connectivity index (χ3n) is 3.17. The second-order valence-corrected chi connectivity index (χ2v) is 5.21. The molecule has 1 saturated heterocycles. The Bertz CT molecular complexity index is 467. The third-order valence-corrected chi connectivity index (χ3v) is 3.54. The van der Waals surface area contributed by atoms with E-state index in [-0.39, 0.29) is 11.8 Å². The van der Waals surface area contributed by atoms with Gasteiger partial charge in [0, 0.05) is 43.4 Å². The van der Waals surface area contributed by atoms with Gasteiger partial charge in [-0.1, -0.05) is 11.6 Å². The molecule has 0 saturated carbocycles. The van der Waals surface area contributed by atoms with E-state index in [4.69, 9.17) is 16.3 Å². The van der Waals surface area contributed by atoms with Crippen molar-refractivity contribution in [2.24, 2.45) is 0 Å². The average molecular weight is 285 g/mol. The summed E-state index contributed by atoms with van der Waals surface area (Å²) in [4.78, 5) is 12.6. The largest absolute Gasteiger partial charge is 0.377 e. The SMILES string of the molecule is CC1CN(Cc2cc([N+](=O)[O-])ccc2Cl)CCCO1. The molecule has 0 N–H and O–H groups in total. The highest BCUT2D eigenvalue weighted by Crippen LogP contribution is 2.24. The van der Waals surface area contributed by atoms with E-state index in [2.05, 4.69) is 4.90 Å². The minimum atomic E-state index is -0.395. The molecule has 0 amide bonds. The zero-order valence-electron chi connectivity index (χ0n) is 10.8. The summed E-state index contributed by atoms with van der Waals surface area (Å²) in [7, 11) is 0. The first kappa shape index (κ1) is 14.2. The van der Waals surface area contributed by atoms with E-state index in [0.717, 1.165) is 31.7 Å². The minimum Gasteiger partial charge on any atom is -0.377 e. The lowest BCUT2D eigenvalue weighted by atomic mass is 10.1. The second kappa shape index (κ2) is 6.32. The number of benzene rings is 1. The van der Waals surface area contributed by atoms with Gasteiger partial charge < -0.3 is 4.74 Å². The lowest BCUT2D eigenvalue weighted by Crippen LogP contribution is -2.29. The standard InChI is InChI=1S/C13H17ClN2O3/c1-10-8-15(5-2-6-19-10)9-11-7-12(16(17)18)3-4-13(11)14/h3-4,7,10H,2,5-6,8-9H2,1H3. The van der Waals surface area contributed by atoms with Crippen molar-refractivity contribution in [2.45, 2.75) is 26.0 Å². The molecule has 1 aromatic carbocycles. The van der Waals surface area contributed by atoms with E-state index in [1.165, 1.54) is 6.07 Å². The first-order valence-corrected chi connectivity index (χ1v) is 6.71. The van der Waals surface area contributed by atoms with Crippen LogP contribution in [0.1, 0.15) is 18.9 Å². The molecule has 0 aromatic heterocycles. The van der Waals surface area contributed by atoms with Crippen LogP contribution in [0.5, 0.6) is 0 Å². The highest BCUT2D eigenvalue weighted by atomic mass is 35.5. The van der Waals surface area contributed by atoms with Crippen LogP contribution in [0.3, 0.4) is 0 Å². The normalized spacial score (nSPS) is 21.1. The fourth-order valence-electron chi connectivity index (χ4n) is 2.26. The molecule has 2 rings (SSSR count). The van der Waals surface area contributed by atoms with Gasteiger partial charge in [-0.25, -0.2) is 0 Å². The summed E-state index contributed by atoms with van der Waals surface area (Å²) in [6, 6.07) is 4.57. The summed E-state index contributed by atoms with van der Waals surface area (Å²) in [6.45, 7) is 5.16. The summed E-state index contributed by atoms with van der Waals surface area (Å²) in [5.41, 5.74) is 0.878. The van der Waals surface area contributed by atoms with Gasteiger partial charge in [0.2, 0.25) is 0 Å². The Balaban J connectivity index is 2.12. The van der Waals surface area contributed by atoms with E-state index in [9.17, 15) is 10.1 Å². The molecular formula is C13H17ClN2O3. The summed E-state index contributed by atoms with van der Waals surface area (Å²) in [6.07, 6.45) is 1.15. The maximum absolute atomic E-state index is 10.8. The van der Waals surface area contributed by atoms with Crippen molar-refractivity contribution >= 4 is 17.3 Å². The van der Waals surface area contributed by atoms with Crippen LogP contribution in [-0.4, -0.2) is 35.6 Å². The number of non-ortho nitro benzene ring substituents is 1. The van der Waals surface area contributed by atoms with E-state index >= 15 is 0 Å². The Kier molecular flexibility index (Phi) is 4.74. The maximum atomic E-state index is 10.8. The van der Waals surface area contributed by atoms with Crippen LogP contribution < -0.4 is 0 Å². The summed E-state index contributed by atoms with van der Waals surface area (Å²) >= 11 is 6.12. The number of nitrogens with zero attached hydrogens (tertiary/aromatic N) is 2. The van der Waals surface area contributed by atoms with Gasteiger partial charge in [0.05, 0.1) is 11.0 Å². The number of nitro groups is 1. The van der Waals surface area contributed by atoms with Crippen LogP contribution in [0.2, 0.25) is 5.02 Å². The maximum Gasteiger partial charge on any atom is 0.269 e. The van der Waals surface area contributed by atoms with Gasteiger partial charge in [-0.2, -0.15) is 0 Å². The predicted octanol–water partition coefficient (Wildman–Crippen LogP) is 2.86. The Morgan fingerprint density at radius 1 is 1.58 bits per heavy atom. The molecule has 0 radical (unpaired) electrons. The van der Waals surface area contributed by atoms with Gasteiger partial charge in [0.15, 0.2) is 0 Å². The van der Waals surface area contributed by atoms with Crippen molar-refractivity contribution in [1.29, 1.82) is 0 Å². The number of rotatable bonds is 3. The highest BCUT2D eigenvalue weighted by molar-refractivity contribution is 6.31. The number of hydrogen-bond donors (Lipinski definition) is 0. The van der Waals surface area contributed by atoms with Crippen LogP contribution in [0.4, 0.5) is 5.69 Å². The molecule has 1 heterocycles. The van der Waals surface area contributed by atoms with Crippen molar-refractivity contribution < 1.29 is 9.66 Å². The molecular weight excluding hydrogens is 268 g/mol. The zero-order valence-corrected chi connectivity index (χ0v) is 11.6. The predicted molar refractivity (Wildman–Crippen MR) is 73.4 cm³/mol. The monoisotopic (exact) mass is 284 g/mol. The summed E-state index contributed by atoms with van der Waals surface area (Å²) in [5.74, 6) is 0. The van der Waals surface area contributed by atoms with Crippen molar-refractivity contribution in [2.75, 3.05) is 19.7 Å². The fraction of sp³-hybridized carbons (Fsp3) is 0.538. The number of halogens is 1. The molecule has 1 unspecified atom stereocenters. The second-order valence-electron chi connectivity index (χ2n) is 4.80. The average Bonchev–Trinajstić information content (AvgIpc) is 2.56. The topological polar surface area (TPSA) is 55.6 Å². The van der Waals surface area contributed by atoms with Gasteiger partial charge in [-0.15, -0.1) is 0 Å². The third kappa shape index (κ3) is 3.89. The van der Waals surface area contributed by atoms with Crippen molar-refractivity contribution in [3.05, 3.63) is 38.9 Å². The molecule has 104 valence electrons. The van der Waals surface area contributed by atoms with Crippen molar-refractivity contribution in [3.8, 4) is 0 Å². The molecule has 6 heteroatoms. The Hall–Kier alpha value is -1.17. The number of nitro benzene ring substituents is 1. The smallest absolute Gasteiger partial charge is 0.269 e. The van der Waals surface area contributed by atoms with Gasteiger partial charge >= 0.3 is 0 Å². The first-order chi connectivity index (χ1) is 9.06. The van der Waals surface area contributed by atoms with Crippen LogP contribution in [-0.2, 0) is 11.3 Å². The Morgan fingerprint density at radius 2 is 2.37 bits per heavy atom. The molecule has 1 atom stereocenters. The van der Waals surface area contributed by atoms with Gasteiger partial charge in [-0.3, -0.25) is 15.0 Å². The lowest BCUT2D eigenvalue weighted by molar-refractivity contribution is -0.384. The van der Waals surface area contributed by atoms with Crippen molar-refractivity contribution in [3.63, 3.8) is 0 Å².